The van der Waals surface area contributed by atoms with Gasteiger partial charge in [-0.1, -0.05) is 19.9 Å². The van der Waals surface area contributed by atoms with Crippen LogP contribution in [0.2, 0.25) is 0 Å². The minimum absolute atomic E-state index is 0.0596. The van der Waals surface area contributed by atoms with Crippen molar-refractivity contribution in [2.45, 2.75) is 57.3 Å². The fraction of sp³-hybridized carbons (Fsp3) is 0.417. The molecule has 2 fully saturated rings. The second-order valence-electron chi connectivity index (χ2n) is 9.27. The van der Waals surface area contributed by atoms with E-state index in [1.54, 1.807) is 34.0 Å². The van der Waals surface area contributed by atoms with Crippen LogP contribution in [0.25, 0.3) is 5.69 Å². The zero-order chi connectivity index (χ0) is 24.1. The maximum Gasteiger partial charge on any atom is 0.416 e. The molecule has 1 atom stereocenters. The lowest BCUT2D eigenvalue weighted by molar-refractivity contribution is -0.137. The van der Waals surface area contributed by atoms with E-state index in [2.05, 4.69) is 34.1 Å². The number of benzene rings is 1. The predicted octanol–water partition coefficient (Wildman–Crippen LogP) is 4.93. The van der Waals surface area contributed by atoms with Crippen molar-refractivity contribution in [3.63, 3.8) is 0 Å². The standard InChI is InChI=1S/C24H25F3N6O/c1-15(2)18-6-7-21(34)33(18)20-8-11-28-22(30-20)31-23(9-10-23)19-13-32(14-29-19)17-5-3-4-16(12-17)24(25,26)27/h3-5,8,11-15,18H,6-7,9-10H2,1-2H3,(H,28,30,31)/t18-/m1/s1. The highest BCUT2D eigenvalue weighted by molar-refractivity contribution is 5.95. The molecule has 0 radical (unpaired) electrons. The third kappa shape index (κ3) is 4.12. The van der Waals surface area contributed by atoms with Crippen LogP contribution in [0.4, 0.5) is 24.9 Å². The molecule has 34 heavy (non-hydrogen) atoms. The van der Waals surface area contributed by atoms with Crippen LogP contribution in [0.15, 0.2) is 49.1 Å². The third-order valence-corrected chi connectivity index (χ3v) is 6.56. The molecule has 1 amide bonds. The van der Waals surface area contributed by atoms with Crippen LogP contribution < -0.4 is 10.2 Å². The number of rotatable bonds is 6. The van der Waals surface area contributed by atoms with Gasteiger partial charge in [0.05, 0.1) is 23.1 Å². The summed E-state index contributed by atoms with van der Waals surface area (Å²) in [5.41, 5.74) is -0.107. The van der Waals surface area contributed by atoms with Crippen molar-refractivity contribution >= 4 is 17.7 Å². The topological polar surface area (TPSA) is 75.9 Å². The molecule has 3 aromatic rings. The van der Waals surface area contributed by atoms with Gasteiger partial charge in [-0.3, -0.25) is 9.69 Å². The van der Waals surface area contributed by atoms with E-state index in [0.29, 0.717) is 35.5 Å². The van der Waals surface area contributed by atoms with E-state index in [0.717, 1.165) is 31.4 Å². The summed E-state index contributed by atoms with van der Waals surface area (Å²) in [4.78, 5) is 27.7. The van der Waals surface area contributed by atoms with E-state index in [-0.39, 0.29) is 11.9 Å². The maximum absolute atomic E-state index is 13.1. The molecular formula is C24H25F3N6O. The zero-order valence-electron chi connectivity index (χ0n) is 18.9. The first-order valence-electron chi connectivity index (χ1n) is 11.3. The number of hydrogen-bond donors (Lipinski definition) is 1. The van der Waals surface area contributed by atoms with Crippen LogP contribution >= 0.6 is 0 Å². The van der Waals surface area contributed by atoms with Gasteiger partial charge in [-0.05, 0) is 49.4 Å². The van der Waals surface area contributed by atoms with Crippen molar-refractivity contribution < 1.29 is 18.0 Å². The molecular weight excluding hydrogens is 445 g/mol. The molecule has 10 heteroatoms. The monoisotopic (exact) mass is 470 g/mol. The van der Waals surface area contributed by atoms with E-state index in [4.69, 9.17) is 0 Å². The van der Waals surface area contributed by atoms with Crippen LogP contribution in [0.1, 0.15) is 50.8 Å². The van der Waals surface area contributed by atoms with Crippen molar-refractivity contribution in [2.75, 3.05) is 10.2 Å². The SMILES string of the molecule is CC(C)[C@H]1CCC(=O)N1c1ccnc(NC2(c3cn(-c4cccc(C(F)(F)F)c4)cn3)CC2)n1. The predicted molar refractivity (Wildman–Crippen MR) is 120 cm³/mol. The molecule has 1 aliphatic carbocycles. The Hall–Kier alpha value is -3.43. The Morgan fingerprint density at radius 2 is 1.97 bits per heavy atom. The van der Waals surface area contributed by atoms with Gasteiger partial charge in [-0.25, -0.2) is 9.97 Å². The highest BCUT2D eigenvalue weighted by Gasteiger charge is 2.47. The number of alkyl halides is 3. The average Bonchev–Trinajstić information content (AvgIpc) is 3.21. The molecule has 0 bridgehead atoms. The van der Waals surface area contributed by atoms with Gasteiger partial charge < -0.3 is 9.88 Å². The molecule has 1 aromatic carbocycles. The summed E-state index contributed by atoms with van der Waals surface area (Å²) in [6.07, 6.45) is 3.36. The molecule has 1 aliphatic heterocycles. The molecule has 3 heterocycles. The Balaban J connectivity index is 1.38. The first kappa shape index (κ1) is 22.4. The van der Waals surface area contributed by atoms with Gasteiger partial charge in [0, 0.05) is 30.5 Å². The Kier molecular flexibility index (Phi) is 5.33. The lowest BCUT2D eigenvalue weighted by Gasteiger charge is -2.27. The van der Waals surface area contributed by atoms with Gasteiger partial charge in [0.15, 0.2) is 0 Å². The summed E-state index contributed by atoms with van der Waals surface area (Å²) in [6.45, 7) is 4.19. The Labute approximate surface area is 195 Å². The maximum atomic E-state index is 13.1. The van der Waals surface area contributed by atoms with Crippen LogP contribution in [0, 0.1) is 5.92 Å². The summed E-state index contributed by atoms with van der Waals surface area (Å²) in [5, 5.41) is 3.35. The highest BCUT2D eigenvalue weighted by Crippen LogP contribution is 2.47. The number of amides is 1. The van der Waals surface area contributed by atoms with E-state index < -0.39 is 17.3 Å². The van der Waals surface area contributed by atoms with Gasteiger partial charge in [0.1, 0.15) is 5.82 Å². The van der Waals surface area contributed by atoms with E-state index in [1.807, 2.05) is 0 Å². The smallest absolute Gasteiger partial charge is 0.343 e. The number of anilines is 2. The van der Waals surface area contributed by atoms with Crippen molar-refractivity contribution in [3.05, 3.63) is 60.3 Å². The Bertz CT molecular complexity index is 1220. The number of carbonyl (C=O) groups excluding carboxylic acids is 1. The van der Waals surface area contributed by atoms with Crippen LogP contribution in [0.5, 0.6) is 0 Å². The molecule has 1 saturated carbocycles. The Morgan fingerprint density at radius 1 is 1.18 bits per heavy atom. The lowest BCUT2D eigenvalue weighted by Crippen LogP contribution is -2.37. The second-order valence-corrected chi connectivity index (χ2v) is 9.27. The lowest BCUT2D eigenvalue weighted by atomic mass is 10.0. The van der Waals surface area contributed by atoms with E-state index in [1.165, 1.54) is 12.4 Å². The summed E-state index contributed by atoms with van der Waals surface area (Å²) in [7, 11) is 0. The van der Waals surface area contributed by atoms with Gasteiger partial charge in [-0.2, -0.15) is 18.2 Å². The molecule has 1 N–H and O–H groups in total. The van der Waals surface area contributed by atoms with Crippen LogP contribution in [-0.4, -0.2) is 31.5 Å². The number of halogens is 3. The summed E-state index contributed by atoms with van der Waals surface area (Å²) >= 11 is 0. The van der Waals surface area contributed by atoms with Crippen LogP contribution in [0.3, 0.4) is 0 Å². The number of imidazole rings is 1. The second kappa shape index (κ2) is 8.11. The van der Waals surface area contributed by atoms with Gasteiger partial charge in [-0.15, -0.1) is 0 Å². The molecule has 2 aromatic heterocycles. The molecule has 7 nitrogen and oxygen atoms in total. The van der Waals surface area contributed by atoms with E-state index in [9.17, 15) is 18.0 Å². The fourth-order valence-corrected chi connectivity index (χ4v) is 4.52. The summed E-state index contributed by atoms with van der Waals surface area (Å²) < 4.78 is 40.9. The summed E-state index contributed by atoms with van der Waals surface area (Å²) in [6, 6.07) is 6.98. The fourth-order valence-electron chi connectivity index (χ4n) is 4.52. The molecule has 0 unspecified atom stereocenters. The largest absolute Gasteiger partial charge is 0.416 e. The number of nitrogens with zero attached hydrogens (tertiary/aromatic N) is 5. The quantitative estimate of drug-likeness (QED) is 0.553. The first-order chi connectivity index (χ1) is 16.2. The molecule has 5 rings (SSSR count). The van der Waals surface area contributed by atoms with Crippen LogP contribution in [-0.2, 0) is 16.5 Å². The molecule has 178 valence electrons. The number of nitrogens with one attached hydrogen (secondary N) is 1. The Morgan fingerprint density at radius 3 is 2.68 bits per heavy atom. The molecule has 0 spiro atoms. The normalized spacial score (nSPS) is 19.6. The number of aromatic nitrogens is 4. The highest BCUT2D eigenvalue weighted by atomic mass is 19.4. The first-order valence-corrected chi connectivity index (χ1v) is 11.3. The van der Waals surface area contributed by atoms with Crippen molar-refractivity contribution in [3.8, 4) is 5.69 Å². The minimum atomic E-state index is -4.41. The summed E-state index contributed by atoms with van der Waals surface area (Å²) in [5.74, 6) is 1.34. The van der Waals surface area contributed by atoms with Gasteiger partial charge in [0.2, 0.25) is 11.9 Å². The van der Waals surface area contributed by atoms with Crippen molar-refractivity contribution in [1.82, 2.24) is 19.5 Å². The number of hydrogen-bond acceptors (Lipinski definition) is 5. The van der Waals surface area contributed by atoms with Gasteiger partial charge in [0.25, 0.3) is 0 Å². The zero-order valence-corrected chi connectivity index (χ0v) is 18.9. The van der Waals surface area contributed by atoms with Gasteiger partial charge >= 0.3 is 6.18 Å². The third-order valence-electron chi connectivity index (χ3n) is 6.56. The molecule has 2 aliphatic rings. The van der Waals surface area contributed by atoms with Crippen molar-refractivity contribution in [1.29, 1.82) is 0 Å². The van der Waals surface area contributed by atoms with Crippen molar-refractivity contribution in [2.24, 2.45) is 5.92 Å². The number of carbonyl (C=O) groups is 1. The van der Waals surface area contributed by atoms with E-state index >= 15 is 0 Å². The average molecular weight is 470 g/mol. The minimum Gasteiger partial charge on any atom is -0.343 e. The molecule has 1 saturated heterocycles.